The van der Waals surface area contributed by atoms with E-state index in [2.05, 4.69) is 10.6 Å². The number of hydrogen-bond donors (Lipinski definition) is 2. The van der Waals surface area contributed by atoms with Crippen molar-refractivity contribution in [3.8, 4) is 5.75 Å². The Bertz CT molecular complexity index is 1510. The molecule has 1 aliphatic heterocycles. The van der Waals surface area contributed by atoms with Crippen molar-refractivity contribution in [3.63, 3.8) is 0 Å². The van der Waals surface area contributed by atoms with Gasteiger partial charge in [-0.25, -0.2) is 4.90 Å². The first-order valence-corrected chi connectivity index (χ1v) is 11.6. The molecule has 0 saturated carbocycles. The van der Waals surface area contributed by atoms with E-state index < -0.39 is 29.5 Å². The number of ether oxygens (including phenoxy) is 1. The lowest BCUT2D eigenvalue weighted by molar-refractivity contribution is -0.137. The number of nitrogens with one attached hydrogen (secondary N) is 2. The zero-order chi connectivity index (χ0) is 27.8. The lowest BCUT2D eigenvalue weighted by Crippen LogP contribution is -2.32. The maximum absolute atomic E-state index is 13.2. The average Bonchev–Trinajstić information content (AvgIpc) is 3.07. The van der Waals surface area contributed by atoms with E-state index in [4.69, 9.17) is 27.9 Å². The first-order valence-electron chi connectivity index (χ1n) is 10.9. The third-order valence-electron chi connectivity index (χ3n) is 5.54. The lowest BCUT2D eigenvalue weighted by atomic mass is 10.1. The number of nitrogens with zero attached hydrogens (tertiary/aromatic N) is 1. The summed E-state index contributed by atoms with van der Waals surface area (Å²) in [5.74, 6) is -1.98. The second kappa shape index (κ2) is 10.4. The van der Waals surface area contributed by atoms with Crippen LogP contribution >= 0.6 is 23.2 Å². The molecule has 12 heteroatoms. The van der Waals surface area contributed by atoms with Gasteiger partial charge in [-0.1, -0.05) is 35.3 Å². The van der Waals surface area contributed by atoms with E-state index in [0.717, 1.165) is 28.7 Å². The Morgan fingerprint density at radius 3 is 2.39 bits per heavy atom. The Labute approximate surface area is 224 Å². The molecular weight excluding hydrogens is 546 g/mol. The highest BCUT2D eigenvalue weighted by Crippen LogP contribution is 2.37. The summed E-state index contributed by atoms with van der Waals surface area (Å²) in [5.41, 5.74) is -0.182. The molecule has 0 radical (unpaired) electrons. The summed E-state index contributed by atoms with van der Waals surface area (Å²) in [6, 6.07) is 13.3. The van der Waals surface area contributed by atoms with E-state index in [1.807, 2.05) is 0 Å². The standard InChI is InChI=1S/C26H18Cl2F3N3O4/c1-13-6-9-20(38-2)19(10-13)34-24(36)21(28)22(25(34)37)32-16-5-3-4-14(11-16)23(35)33-18-12-15(26(29,30)31)7-8-17(18)27/h3-12,32H,1-2H3,(H,33,35). The number of carbonyl (C=O) groups is 3. The van der Waals surface area contributed by atoms with Crippen molar-refractivity contribution in [2.75, 3.05) is 22.6 Å². The molecule has 7 nitrogen and oxygen atoms in total. The monoisotopic (exact) mass is 563 g/mol. The molecule has 38 heavy (non-hydrogen) atoms. The Hall–Kier alpha value is -4.02. The summed E-state index contributed by atoms with van der Waals surface area (Å²) in [6.07, 6.45) is -4.62. The number of carbonyl (C=O) groups excluding carboxylic acids is 3. The van der Waals surface area contributed by atoms with Crippen LogP contribution in [0.3, 0.4) is 0 Å². The highest BCUT2D eigenvalue weighted by Gasteiger charge is 2.40. The molecule has 3 aromatic carbocycles. The third-order valence-corrected chi connectivity index (χ3v) is 6.22. The van der Waals surface area contributed by atoms with Crippen LogP contribution in [0.4, 0.5) is 30.2 Å². The fourth-order valence-corrected chi connectivity index (χ4v) is 4.06. The Kier molecular flexibility index (Phi) is 7.39. The van der Waals surface area contributed by atoms with Crippen LogP contribution < -0.4 is 20.3 Å². The largest absolute Gasteiger partial charge is 0.495 e. The zero-order valence-corrected chi connectivity index (χ0v) is 21.3. The number of methoxy groups -OCH3 is 1. The predicted octanol–water partition coefficient (Wildman–Crippen LogP) is 6.36. The summed E-state index contributed by atoms with van der Waals surface area (Å²) < 4.78 is 44.4. The zero-order valence-electron chi connectivity index (χ0n) is 19.7. The van der Waals surface area contributed by atoms with E-state index in [0.29, 0.717) is 0 Å². The Balaban J connectivity index is 1.57. The van der Waals surface area contributed by atoms with Gasteiger partial charge < -0.3 is 15.4 Å². The number of alkyl halides is 3. The minimum Gasteiger partial charge on any atom is -0.495 e. The topological polar surface area (TPSA) is 87.7 Å². The number of amides is 3. The minimum absolute atomic E-state index is 0.0363. The minimum atomic E-state index is -4.62. The number of benzene rings is 3. The van der Waals surface area contributed by atoms with Crippen molar-refractivity contribution in [1.82, 2.24) is 0 Å². The number of rotatable bonds is 6. The molecule has 0 bridgehead atoms. The summed E-state index contributed by atoms with van der Waals surface area (Å²) in [6.45, 7) is 1.78. The molecule has 3 amide bonds. The summed E-state index contributed by atoms with van der Waals surface area (Å²) in [4.78, 5) is 39.7. The fourth-order valence-electron chi connectivity index (χ4n) is 3.68. The molecule has 3 aromatic rings. The van der Waals surface area contributed by atoms with Crippen molar-refractivity contribution in [3.05, 3.63) is 93.1 Å². The molecule has 0 unspecified atom stereocenters. The predicted molar refractivity (Wildman–Crippen MR) is 138 cm³/mol. The normalized spacial score (nSPS) is 13.7. The van der Waals surface area contributed by atoms with Crippen LogP contribution in [0.2, 0.25) is 5.02 Å². The summed E-state index contributed by atoms with van der Waals surface area (Å²) >= 11 is 12.2. The van der Waals surface area contributed by atoms with Crippen molar-refractivity contribution < 1.29 is 32.3 Å². The SMILES string of the molecule is COc1ccc(C)cc1N1C(=O)C(Cl)=C(Nc2cccc(C(=O)Nc3cc(C(F)(F)F)ccc3Cl)c2)C1=O. The van der Waals surface area contributed by atoms with Crippen LogP contribution in [0.1, 0.15) is 21.5 Å². The van der Waals surface area contributed by atoms with Gasteiger partial charge in [0.05, 0.1) is 29.1 Å². The molecule has 0 spiro atoms. The van der Waals surface area contributed by atoms with Crippen LogP contribution in [0.25, 0.3) is 0 Å². The van der Waals surface area contributed by atoms with Crippen molar-refractivity contribution in [1.29, 1.82) is 0 Å². The average molecular weight is 564 g/mol. The highest BCUT2D eigenvalue weighted by molar-refractivity contribution is 6.53. The van der Waals surface area contributed by atoms with Crippen molar-refractivity contribution in [2.24, 2.45) is 0 Å². The molecule has 0 aromatic heterocycles. The van der Waals surface area contributed by atoms with Gasteiger partial charge in [0.15, 0.2) is 0 Å². The van der Waals surface area contributed by atoms with Crippen LogP contribution in [-0.2, 0) is 15.8 Å². The van der Waals surface area contributed by atoms with Gasteiger partial charge >= 0.3 is 6.18 Å². The molecular formula is C26H18Cl2F3N3O4. The maximum Gasteiger partial charge on any atom is 0.416 e. The molecule has 4 rings (SSSR count). The van der Waals surface area contributed by atoms with Gasteiger partial charge in [0, 0.05) is 11.3 Å². The number of imide groups is 1. The van der Waals surface area contributed by atoms with Gasteiger partial charge in [-0.2, -0.15) is 13.2 Å². The molecule has 1 aliphatic rings. The number of anilines is 3. The molecule has 0 atom stereocenters. The Morgan fingerprint density at radius 2 is 1.71 bits per heavy atom. The molecule has 0 saturated heterocycles. The number of halogens is 5. The molecule has 1 heterocycles. The quantitative estimate of drug-likeness (QED) is 0.340. The molecule has 0 fully saturated rings. The second-order valence-electron chi connectivity index (χ2n) is 8.16. The first-order chi connectivity index (χ1) is 17.9. The molecule has 196 valence electrons. The van der Waals surface area contributed by atoms with E-state index in [-0.39, 0.29) is 44.1 Å². The van der Waals surface area contributed by atoms with E-state index >= 15 is 0 Å². The first kappa shape index (κ1) is 27.0. The van der Waals surface area contributed by atoms with Crippen molar-refractivity contribution >= 4 is 58.0 Å². The van der Waals surface area contributed by atoms with Crippen LogP contribution in [0, 0.1) is 6.92 Å². The van der Waals surface area contributed by atoms with Gasteiger partial charge in [-0.05, 0) is 61.0 Å². The van der Waals surface area contributed by atoms with Gasteiger partial charge in [0.1, 0.15) is 16.5 Å². The van der Waals surface area contributed by atoms with Crippen molar-refractivity contribution in [2.45, 2.75) is 13.1 Å². The van der Waals surface area contributed by atoms with Gasteiger partial charge in [-0.15, -0.1) is 0 Å². The smallest absolute Gasteiger partial charge is 0.416 e. The Morgan fingerprint density at radius 1 is 0.974 bits per heavy atom. The molecule has 0 aliphatic carbocycles. The lowest BCUT2D eigenvalue weighted by Gasteiger charge is -2.18. The number of hydrogen-bond acceptors (Lipinski definition) is 5. The third kappa shape index (κ3) is 5.32. The second-order valence-corrected chi connectivity index (χ2v) is 8.95. The fraction of sp³-hybridized carbons (Fsp3) is 0.115. The van der Waals surface area contributed by atoms with Crippen LogP contribution in [0.5, 0.6) is 5.75 Å². The summed E-state index contributed by atoms with van der Waals surface area (Å²) in [5, 5.41) is 4.66. The van der Waals surface area contributed by atoms with Crippen LogP contribution in [0.15, 0.2) is 71.4 Å². The highest BCUT2D eigenvalue weighted by atomic mass is 35.5. The maximum atomic E-state index is 13.2. The summed E-state index contributed by atoms with van der Waals surface area (Å²) in [7, 11) is 1.40. The van der Waals surface area contributed by atoms with Gasteiger partial charge in [0.25, 0.3) is 17.7 Å². The van der Waals surface area contributed by atoms with Gasteiger partial charge in [0.2, 0.25) is 0 Å². The van der Waals surface area contributed by atoms with E-state index in [9.17, 15) is 27.6 Å². The van der Waals surface area contributed by atoms with E-state index in [1.165, 1.54) is 31.4 Å². The molecule has 2 N–H and O–H groups in total. The van der Waals surface area contributed by atoms with Gasteiger partial charge in [-0.3, -0.25) is 14.4 Å². The number of aryl methyl sites for hydroxylation is 1. The van der Waals surface area contributed by atoms with Crippen LogP contribution in [-0.4, -0.2) is 24.8 Å². The van der Waals surface area contributed by atoms with E-state index in [1.54, 1.807) is 25.1 Å².